The molecule has 2 rings (SSSR count). The lowest BCUT2D eigenvalue weighted by Crippen LogP contribution is -2.31. The second-order valence-electron chi connectivity index (χ2n) is 5.00. The molecule has 2 heterocycles. The summed E-state index contributed by atoms with van der Waals surface area (Å²) >= 11 is 1.15. The molecule has 0 aliphatic rings. The number of nitrogens with zero attached hydrogens (tertiary/aromatic N) is 3. The molecule has 2 aromatic rings. The third kappa shape index (κ3) is 4.34. The number of carbonyl (C=O) groups is 1. The number of H-pyrrole nitrogens is 2. The van der Waals surface area contributed by atoms with Gasteiger partial charge >= 0.3 is 5.69 Å². The quantitative estimate of drug-likeness (QED) is 0.686. The molecule has 130 valence electrons. The molecule has 0 aliphatic carbocycles. The van der Waals surface area contributed by atoms with Crippen LogP contribution in [0.5, 0.6) is 0 Å². The number of rotatable bonds is 7. The van der Waals surface area contributed by atoms with Crippen molar-refractivity contribution in [1.29, 1.82) is 0 Å². The first-order valence-electron chi connectivity index (χ1n) is 7.49. The molecule has 0 spiro atoms. The number of aromatic nitrogens is 4. The van der Waals surface area contributed by atoms with E-state index < -0.39 is 11.2 Å². The summed E-state index contributed by atoms with van der Waals surface area (Å²) in [6.45, 7) is 6.76. The second kappa shape index (κ2) is 7.95. The Bertz CT molecular complexity index is 821. The van der Waals surface area contributed by atoms with Crippen molar-refractivity contribution in [3.8, 4) is 0 Å². The number of hydrogen-bond acceptors (Lipinski definition) is 7. The standard InChI is InChI=1S/C14H19N5O4S/c1-4-19(5-2)11(20)7-24-14-18-17-10(23-14)6-9-8(3)15-13(22)16-12(9)21/h4-7H2,1-3H3,(H2,15,16,21,22). The largest absolute Gasteiger partial charge is 0.416 e. The molecule has 1 amide bonds. The molecule has 24 heavy (non-hydrogen) atoms. The average Bonchev–Trinajstić information content (AvgIpc) is 2.97. The van der Waals surface area contributed by atoms with Crippen molar-refractivity contribution < 1.29 is 9.21 Å². The minimum Gasteiger partial charge on any atom is -0.416 e. The van der Waals surface area contributed by atoms with E-state index in [-0.39, 0.29) is 29.2 Å². The van der Waals surface area contributed by atoms with E-state index in [1.165, 1.54) is 0 Å². The van der Waals surface area contributed by atoms with Gasteiger partial charge < -0.3 is 14.3 Å². The number of nitrogens with one attached hydrogen (secondary N) is 2. The van der Waals surface area contributed by atoms with Crippen molar-refractivity contribution in [1.82, 2.24) is 25.1 Å². The summed E-state index contributed by atoms with van der Waals surface area (Å²) in [5, 5.41) is 8.00. The minimum absolute atomic E-state index is 0.00215. The molecule has 0 bridgehead atoms. The van der Waals surface area contributed by atoms with Crippen molar-refractivity contribution in [3.05, 3.63) is 38.0 Å². The Kier molecular flexibility index (Phi) is 5.96. The fraction of sp³-hybridized carbons (Fsp3) is 0.500. The minimum atomic E-state index is -0.557. The highest BCUT2D eigenvalue weighted by Crippen LogP contribution is 2.18. The van der Waals surface area contributed by atoms with Gasteiger partial charge in [0.2, 0.25) is 11.8 Å². The lowest BCUT2D eigenvalue weighted by Gasteiger charge is -2.17. The number of amides is 1. The van der Waals surface area contributed by atoms with Gasteiger partial charge in [-0.3, -0.25) is 14.6 Å². The molecule has 2 aromatic heterocycles. The van der Waals surface area contributed by atoms with Gasteiger partial charge in [0.25, 0.3) is 10.8 Å². The van der Waals surface area contributed by atoms with Crippen molar-refractivity contribution in [3.63, 3.8) is 0 Å². The third-order valence-electron chi connectivity index (χ3n) is 3.47. The van der Waals surface area contributed by atoms with Gasteiger partial charge in [-0.05, 0) is 20.8 Å². The van der Waals surface area contributed by atoms with E-state index in [2.05, 4.69) is 20.2 Å². The van der Waals surface area contributed by atoms with Gasteiger partial charge in [-0.25, -0.2) is 4.79 Å². The van der Waals surface area contributed by atoms with Crippen LogP contribution >= 0.6 is 11.8 Å². The molecule has 0 aromatic carbocycles. The molecule has 0 atom stereocenters. The number of aryl methyl sites for hydroxylation is 1. The normalized spacial score (nSPS) is 10.8. The molecule has 0 saturated heterocycles. The van der Waals surface area contributed by atoms with Crippen molar-refractivity contribution in [2.45, 2.75) is 32.4 Å². The van der Waals surface area contributed by atoms with Crippen molar-refractivity contribution >= 4 is 17.7 Å². The number of hydrogen-bond donors (Lipinski definition) is 2. The number of thioether (sulfide) groups is 1. The highest BCUT2D eigenvalue weighted by atomic mass is 32.2. The summed E-state index contributed by atoms with van der Waals surface area (Å²) in [6.07, 6.45) is 0.107. The Morgan fingerprint density at radius 1 is 1.21 bits per heavy atom. The summed E-state index contributed by atoms with van der Waals surface area (Å²) in [5.74, 6) is 0.452. The molecule has 0 saturated carbocycles. The van der Waals surface area contributed by atoms with Crippen LogP contribution in [0, 0.1) is 6.92 Å². The van der Waals surface area contributed by atoms with Crippen LogP contribution in [0.4, 0.5) is 0 Å². The fourth-order valence-electron chi connectivity index (χ4n) is 2.15. The van der Waals surface area contributed by atoms with Crippen LogP contribution in [-0.2, 0) is 11.2 Å². The Hall–Kier alpha value is -2.36. The van der Waals surface area contributed by atoms with E-state index in [9.17, 15) is 14.4 Å². The van der Waals surface area contributed by atoms with Crippen molar-refractivity contribution in [2.75, 3.05) is 18.8 Å². The molecule has 9 nitrogen and oxygen atoms in total. The second-order valence-corrected chi connectivity index (χ2v) is 5.93. The van der Waals surface area contributed by atoms with Crippen molar-refractivity contribution in [2.24, 2.45) is 0 Å². The molecular formula is C14H19N5O4S. The van der Waals surface area contributed by atoms with E-state index in [4.69, 9.17) is 4.42 Å². The van der Waals surface area contributed by atoms with E-state index in [0.717, 1.165) is 11.8 Å². The first-order chi connectivity index (χ1) is 11.4. The predicted octanol–water partition coefficient (Wildman–Crippen LogP) is 0.306. The van der Waals surface area contributed by atoms with Gasteiger partial charge in [0.15, 0.2) is 0 Å². The SMILES string of the molecule is CCN(CC)C(=O)CSc1nnc(Cc2c(C)[nH]c(=O)[nH]c2=O)o1. The van der Waals surface area contributed by atoms with E-state index in [1.54, 1.807) is 11.8 Å². The third-order valence-corrected chi connectivity index (χ3v) is 4.27. The lowest BCUT2D eigenvalue weighted by atomic mass is 10.2. The summed E-state index contributed by atoms with van der Waals surface area (Å²) in [7, 11) is 0. The zero-order chi connectivity index (χ0) is 17.7. The average molecular weight is 353 g/mol. The molecule has 10 heteroatoms. The van der Waals surface area contributed by atoms with Gasteiger partial charge in [-0.1, -0.05) is 11.8 Å². The summed E-state index contributed by atoms with van der Waals surface area (Å²) in [5.41, 5.74) is -0.236. The fourth-order valence-corrected chi connectivity index (χ4v) is 2.83. The van der Waals surface area contributed by atoms with Crippen LogP contribution in [0.1, 0.15) is 31.0 Å². The maximum atomic E-state index is 11.9. The Balaban J connectivity index is 2.03. The van der Waals surface area contributed by atoms with Gasteiger partial charge in [0, 0.05) is 24.3 Å². The molecule has 0 radical (unpaired) electrons. The van der Waals surface area contributed by atoms with Gasteiger partial charge in [-0.15, -0.1) is 10.2 Å². The number of carbonyl (C=O) groups excluding carboxylic acids is 1. The number of aromatic amines is 2. The maximum absolute atomic E-state index is 11.9. The Morgan fingerprint density at radius 3 is 2.54 bits per heavy atom. The first-order valence-corrected chi connectivity index (χ1v) is 8.48. The van der Waals surface area contributed by atoms with E-state index >= 15 is 0 Å². The van der Waals surface area contributed by atoms with Gasteiger partial charge in [0.1, 0.15) is 0 Å². The zero-order valence-electron chi connectivity index (χ0n) is 13.7. The predicted molar refractivity (Wildman–Crippen MR) is 88.2 cm³/mol. The van der Waals surface area contributed by atoms with Crippen LogP contribution in [0.3, 0.4) is 0 Å². The van der Waals surface area contributed by atoms with Crippen LogP contribution in [0.15, 0.2) is 19.2 Å². The molecule has 0 fully saturated rings. The highest BCUT2D eigenvalue weighted by molar-refractivity contribution is 7.99. The van der Waals surface area contributed by atoms with Crippen LogP contribution in [-0.4, -0.2) is 49.8 Å². The monoisotopic (exact) mass is 353 g/mol. The van der Waals surface area contributed by atoms with E-state index in [1.807, 2.05) is 13.8 Å². The van der Waals surface area contributed by atoms with Crippen LogP contribution in [0.2, 0.25) is 0 Å². The topological polar surface area (TPSA) is 125 Å². The van der Waals surface area contributed by atoms with Gasteiger partial charge in [-0.2, -0.15) is 0 Å². The molecule has 0 aliphatic heterocycles. The Morgan fingerprint density at radius 2 is 1.92 bits per heavy atom. The smallest absolute Gasteiger partial charge is 0.325 e. The summed E-state index contributed by atoms with van der Waals surface area (Å²) < 4.78 is 5.45. The Labute approximate surface area is 141 Å². The van der Waals surface area contributed by atoms with E-state index in [0.29, 0.717) is 24.3 Å². The first kappa shape index (κ1) is 18.0. The zero-order valence-corrected chi connectivity index (χ0v) is 14.5. The lowest BCUT2D eigenvalue weighted by molar-refractivity contribution is -0.127. The van der Waals surface area contributed by atoms with Gasteiger partial charge in [0.05, 0.1) is 12.2 Å². The maximum Gasteiger partial charge on any atom is 0.325 e. The van der Waals surface area contributed by atoms with Crippen LogP contribution in [0.25, 0.3) is 0 Å². The molecule has 0 unspecified atom stereocenters. The van der Waals surface area contributed by atoms with Crippen LogP contribution < -0.4 is 11.2 Å². The summed E-state index contributed by atoms with van der Waals surface area (Å²) in [4.78, 5) is 41.3. The molecule has 2 N–H and O–H groups in total. The summed E-state index contributed by atoms with van der Waals surface area (Å²) in [6, 6.07) is 0. The highest BCUT2D eigenvalue weighted by Gasteiger charge is 2.15. The molecular weight excluding hydrogens is 334 g/mol.